The fourth-order valence-corrected chi connectivity index (χ4v) is 2.00. The van der Waals surface area contributed by atoms with Gasteiger partial charge in [-0.2, -0.15) is 0 Å². The maximum Gasteiger partial charge on any atom is 0.204 e. The van der Waals surface area contributed by atoms with Crippen molar-refractivity contribution in [1.29, 1.82) is 0 Å². The lowest BCUT2D eigenvalue weighted by atomic mass is 10.2. The van der Waals surface area contributed by atoms with Crippen LogP contribution in [0.1, 0.15) is 31.4 Å². The van der Waals surface area contributed by atoms with Gasteiger partial charge in [-0.3, -0.25) is 0 Å². The second kappa shape index (κ2) is 7.49. The highest BCUT2D eigenvalue weighted by Crippen LogP contribution is 2.18. The normalized spacial score (nSPS) is 11.3. The van der Waals surface area contributed by atoms with Crippen molar-refractivity contribution in [3.63, 3.8) is 0 Å². The van der Waals surface area contributed by atoms with E-state index in [1.165, 1.54) is 10.7 Å². The lowest BCUT2D eigenvalue weighted by Gasteiger charge is -2.13. The highest BCUT2D eigenvalue weighted by molar-refractivity contribution is 6.30. The summed E-state index contributed by atoms with van der Waals surface area (Å²) < 4.78 is 26.2. The number of nitrogens with zero attached hydrogens (tertiary/aromatic N) is 3. The molecule has 1 aromatic heterocycles. The first kappa shape index (κ1) is 15.9. The van der Waals surface area contributed by atoms with E-state index < -0.39 is 6.29 Å². The van der Waals surface area contributed by atoms with E-state index in [0.717, 1.165) is 0 Å². The molecule has 0 saturated carbocycles. The molecule has 0 aliphatic carbocycles. The SMILES string of the molecule is CCOC(OCC)c1cn(Cc2ccc(Cl)cc2F)nn1. The Kier molecular flexibility index (Phi) is 5.67. The molecule has 2 aromatic rings. The number of hydrogen-bond acceptors (Lipinski definition) is 4. The molecule has 0 bridgehead atoms. The Morgan fingerprint density at radius 3 is 2.62 bits per heavy atom. The summed E-state index contributed by atoms with van der Waals surface area (Å²) in [5.74, 6) is -0.370. The van der Waals surface area contributed by atoms with E-state index in [1.54, 1.807) is 18.3 Å². The predicted molar refractivity (Wildman–Crippen MR) is 76.5 cm³/mol. The van der Waals surface area contributed by atoms with Crippen molar-refractivity contribution in [1.82, 2.24) is 15.0 Å². The highest BCUT2D eigenvalue weighted by atomic mass is 35.5. The summed E-state index contributed by atoms with van der Waals surface area (Å²) in [6.45, 7) is 5.02. The lowest BCUT2D eigenvalue weighted by molar-refractivity contribution is -0.142. The van der Waals surface area contributed by atoms with Crippen molar-refractivity contribution in [2.24, 2.45) is 0 Å². The summed E-state index contributed by atoms with van der Waals surface area (Å²) in [6, 6.07) is 4.54. The van der Waals surface area contributed by atoms with Gasteiger partial charge in [0.2, 0.25) is 6.29 Å². The zero-order valence-electron chi connectivity index (χ0n) is 11.9. The molecule has 0 atom stereocenters. The van der Waals surface area contributed by atoms with Crippen LogP contribution in [0.4, 0.5) is 4.39 Å². The van der Waals surface area contributed by atoms with Crippen LogP contribution in [0.5, 0.6) is 0 Å². The maximum absolute atomic E-state index is 13.7. The van der Waals surface area contributed by atoms with Crippen LogP contribution >= 0.6 is 11.6 Å². The number of benzene rings is 1. The Morgan fingerprint density at radius 1 is 1.29 bits per heavy atom. The molecule has 21 heavy (non-hydrogen) atoms. The Morgan fingerprint density at radius 2 is 2.00 bits per heavy atom. The summed E-state index contributed by atoms with van der Waals surface area (Å²) in [7, 11) is 0. The average Bonchev–Trinajstić information content (AvgIpc) is 2.90. The highest BCUT2D eigenvalue weighted by Gasteiger charge is 2.16. The Balaban J connectivity index is 2.11. The number of hydrogen-bond donors (Lipinski definition) is 0. The summed E-state index contributed by atoms with van der Waals surface area (Å²) in [4.78, 5) is 0. The molecule has 114 valence electrons. The minimum Gasteiger partial charge on any atom is -0.347 e. The van der Waals surface area contributed by atoms with Crippen LogP contribution < -0.4 is 0 Å². The van der Waals surface area contributed by atoms with E-state index in [1.807, 2.05) is 13.8 Å². The number of aromatic nitrogens is 3. The molecular weight excluding hydrogens is 297 g/mol. The van der Waals surface area contributed by atoms with E-state index in [2.05, 4.69) is 10.3 Å². The Bertz CT molecular complexity index is 585. The van der Waals surface area contributed by atoms with Gasteiger partial charge in [0.05, 0.1) is 12.7 Å². The maximum atomic E-state index is 13.7. The molecule has 7 heteroatoms. The zero-order valence-corrected chi connectivity index (χ0v) is 12.7. The van der Waals surface area contributed by atoms with E-state index in [-0.39, 0.29) is 12.4 Å². The van der Waals surface area contributed by atoms with Crippen LogP contribution in [-0.2, 0) is 16.0 Å². The molecule has 0 fully saturated rings. The standard InChI is InChI=1S/C14H17ClFN3O2/c1-3-20-14(21-4-2)13-9-19(18-17-13)8-10-5-6-11(15)7-12(10)16/h5-7,9,14H,3-4,8H2,1-2H3. The van der Waals surface area contributed by atoms with Gasteiger partial charge in [0.15, 0.2) is 0 Å². The second-order valence-corrected chi connectivity index (χ2v) is 4.76. The molecule has 0 aliphatic heterocycles. The minimum absolute atomic E-state index is 0.265. The van der Waals surface area contributed by atoms with Crippen molar-refractivity contribution in [2.75, 3.05) is 13.2 Å². The van der Waals surface area contributed by atoms with Gasteiger partial charge >= 0.3 is 0 Å². The summed E-state index contributed by atoms with van der Waals surface area (Å²) in [6.07, 6.45) is 1.13. The molecular formula is C14H17ClFN3O2. The molecule has 5 nitrogen and oxygen atoms in total. The molecule has 0 amide bonds. The van der Waals surface area contributed by atoms with Gasteiger partial charge in [-0.1, -0.05) is 22.9 Å². The number of ether oxygens (including phenoxy) is 2. The first-order valence-corrected chi connectivity index (χ1v) is 7.09. The van der Waals surface area contributed by atoms with E-state index in [0.29, 0.717) is 29.5 Å². The molecule has 0 radical (unpaired) electrons. The third-order valence-corrected chi connectivity index (χ3v) is 3.02. The van der Waals surface area contributed by atoms with Crippen LogP contribution in [0, 0.1) is 5.82 Å². The zero-order chi connectivity index (χ0) is 15.2. The van der Waals surface area contributed by atoms with Crippen LogP contribution in [0.15, 0.2) is 24.4 Å². The Labute approximate surface area is 127 Å². The number of rotatable bonds is 7. The van der Waals surface area contributed by atoms with Crippen LogP contribution in [-0.4, -0.2) is 28.2 Å². The third-order valence-electron chi connectivity index (χ3n) is 2.78. The molecule has 1 heterocycles. The van der Waals surface area contributed by atoms with Crippen molar-refractivity contribution >= 4 is 11.6 Å². The van der Waals surface area contributed by atoms with Crippen molar-refractivity contribution in [3.8, 4) is 0 Å². The fourth-order valence-electron chi connectivity index (χ4n) is 1.84. The molecule has 0 unspecified atom stereocenters. The largest absolute Gasteiger partial charge is 0.347 e. The van der Waals surface area contributed by atoms with Gasteiger partial charge in [0.25, 0.3) is 0 Å². The predicted octanol–water partition coefficient (Wildman–Crippen LogP) is 3.19. The Hall–Kier alpha value is -1.50. The van der Waals surface area contributed by atoms with Crippen LogP contribution in [0.25, 0.3) is 0 Å². The monoisotopic (exact) mass is 313 g/mol. The van der Waals surface area contributed by atoms with Crippen molar-refractivity contribution < 1.29 is 13.9 Å². The van der Waals surface area contributed by atoms with Crippen LogP contribution in [0.2, 0.25) is 5.02 Å². The van der Waals surface area contributed by atoms with Crippen molar-refractivity contribution in [3.05, 3.63) is 46.5 Å². The van der Waals surface area contributed by atoms with Gasteiger partial charge < -0.3 is 9.47 Å². The first-order valence-electron chi connectivity index (χ1n) is 6.71. The van der Waals surface area contributed by atoms with Crippen molar-refractivity contribution in [2.45, 2.75) is 26.7 Å². The fraction of sp³-hybridized carbons (Fsp3) is 0.429. The third kappa shape index (κ3) is 4.23. The molecule has 0 saturated heterocycles. The molecule has 2 rings (SSSR count). The molecule has 0 spiro atoms. The van der Waals surface area contributed by atoms with E-state index in [9.17, 15) is 4.39 Å². The van der Waals surface area contributed by atoms with Gasteiger partial charge in [-0.15, -0.1) is 5.10 Å². The molecule has 0 aliphatic rings. The average molecular weight is 314 g/mol. The lowest BCUT2D eigenvalue weighted by Crippen LogP contribution is -2.09. The molecule has 1 aromatic carbocycles. The topological polar surface area (TPSA) is 49.2 Å². The van der Waals surface area contributed by atoms with E-state index in [4.69, 9.17) is 21.1 Å². The molecule has 0 N–H and O–H groups in total. The smallest absolute Gasteiger partial charge is 0.204 e. The first-order chi connectivity index (χ1) is 10.1. The van der Waals surface area contributed by atoms with Gasteiger partial charge in [-0.25, -0.2) is 9.07 Å². The van der Waals surface area contributed by atoms with Crippen LogP contribution in [0.3, 0.4) is 0 Å². The van der Waals surface area contributed by atoms with E-state index >= 15 is 0 Å². The quantitative estimate of drug-likeness (QED) is 0.737. The number of halogens is 2. The minimum atomic E-state index is -0.552. The van der Waals surface area contributed by atoms with Gasteiger partial charge in [0.1, 0.15) is 11.5 Å². The summed E-state index contributed by atoms with van der Waals surface area (Å²) in [5.41, 5.74) is 1.05. The summed E-state index contributed by atoms with van der Waals surface area (Å²) in [5, 5.41) is 8.34. The van der Waals surface area contributed by atoms with Gasteiger partial charge in [0, 0.05) is 23.8 Å². The second-order valence-electron chi connectivity index (χ2n) is 4.32. The summed E-state index contributed by atoms with van der Waals surface area (Å²) >= 11 is 5.73. The van der Waals surface area contributed by atoms with Gasteiger partial charge in [-0.05, 0) is 26.0 Å².